The third-order valence-electron chi connectivity index (χ3n) is 2.64. The second-order valence-corrected chi connectivity index (χ2v) is 4.65. The lowest BCUT2D eigenvalue weighted by molar-refractivity contribution is 0.593. The zero-order chi connectivity index (χ0) is 9.97. The largest absolute Gasteiger partial charge is 0.381 e. The number of halogens is 1. The highest BCUT2D eigenvalue weighted by Gasteiger charge is 2.16. The first-order chi connectivity index (χ1) is 6.79. The van der Waals surface area contributed by atoms with Crippen molar-refractivity contribution in [2.75, 3.05) is 18.9 Å². The molecular weight excluding hydrogens is 240 g/mol. The molecule has 76 valence electrons. The Bertz CT molecular complexity index is 325. The van der Waals surface area contributed by atoms with E-state index >= 15 is 0 Å². The molecule has 1 aromatic carbocycles. The predicted octanol–water partition coefficient (Wildman–Crippen LogP) is 2.40. The van der Waals surface area contributed by atoms with Crippen LogP contribution in [-0.2, 0) is 6.42 Å². The molecule has 1 aromatic rings. The maximum Gasteiger partial charge on any atom is 0.0389 e. The van der Waals surface area contributed by atoms with E-state index in [4.69, 9.17) is 0 Å². The van der Waals surface area contributed by atoms with Gasteiger partial charge in [-0.05, 0) is 43.7 Å². The first-order valence-electron chi connectivity index (χ1n) is 4.99. The van der Waals surface area contributed by atoms with Crippen molar-refractivity contribution in [3.05, 3.63) is 28.2 Å². The number of aryl methyl sites for hydroxylation is 1. The zero-order valence-corrected chi connectivity index (χ0v) is 9.89. The van der Waals surface area contributed by atoms with Crippen LogP contribution in [0.1, 0.15) is 12.0 Å². The van der Waals surface area contributed by atoms with Crippen LogP contribution >= 0.6 is 15.9 Å². The number of hydrogen-bond donors (Lipinski definition) is 2. The minimum Gasteiger partial charge on any atom is -0.381 e. The van der Waals surface area contributed by atoms with Crippen molar-refractivity contribution in [3.8, 4) is 0 Å². The Labute approximate surface area is 93.2 Å². The molecule has 3 heteroatoms. The van der Waals surface area contributed by atoms with Crippen molar-refractivity contribution in [1.29, 1.82) is 0 Å². The minimum atomic E-state index is 0.577. The number of nitrogens with one attached hydrogen (secondary N) is 2. The summed E-state index contributed by atoms with van der Waals surface area (Å²) >= 11 is 3.50. The summed E-state index contributed by atoms with van der Waals surface area (Å²) in [5.74, 6) is 0. The molecule has 1 heterocycles. The molecule has 1 atom stereocenters. The molecule has 2 nitrogen and oxygen atoms in total. The van der Waals surface area contributed by atoms with E-state index < -0.39 is 0 Å². The van der Waals surface area contributed by atoms with Crippen LogP contribution in [0.15, 0.2) is 22.7 Å². The highest BCUT2D eigenvalue weighted by molar-refractivity contribution is 9.10. The Balaban J connectivity index is 2.15. The van der Waals surface area contributed by atoms with Crippen LogP contribution in [-0.4, -0.2) is 19.6 Å². The quantitative estimate of drug-likeness (QED) is 0.847. The Hall–Kier alpha value is -0.540. The van der Waals surface area contributed by atoms with Crippen molar-refractivity contribution < 1.29 is 0 Å². The molecule has 0 spiro atoms. The second-order valence-electron chi connectivity index (χ2n) is 3.74. The van der Waals surface area contributed by atoms with Crippen molar-refractivity contribution in [2.45, 2.75) is 18.9 Å². The standard InChI is InChI=1S/C11H15BrN2/c1-13-7-10-4-2-8-6-9(12)3-5-11(8)14-10/h3,5-6,10,13-14H,2,4,7H2,1H3. The van der Waals surface area contributed by atoms with Gasteiger partial charge in [0, 0.05) is 22.7 Å². The van der Waals surface area contributed by atoms with Gasteiger partial charge in [-0.3, -0.25) is 0 Å². The van der Waals surface area contributed by atoms with Crippen LogP contribution in [0.5, 0.6) is 0 Å². The molecule has 0 saturated carbocycles. The van der Waals surface area contributed by atoms with E-state index in [1.165, 1.54) is 28.6 Å². The van der Waals surface area contributed by atoms with Crippen LogP contribution in [0, 0.1) is 0 Å². The van der Waals surface area contributed by atoms with Gasteiger partial charge in [0.1, 0.15) is 0 Å². The van der Waals surface area contributed by atoms with Gasteiger partial charge < -0.3 is 10.6 Å². The normalized spacial score (nSPS) is 20.0. The molecule has 1 aliphatic rings. The average molecular weight is 255 g/mol. The SMILES string of the molecule is CNCC1CCc2cc(Br)ccc2N1. The lowest BCUT2D eigenvalue weighted by atomic mass is 9.98. The van der Waals surface area contributed by atoms with E-state index in [-0.39, 0.29) is 0 Å². The lowest BCUT2D eigenvalue weighted by Gasteiger charge is -2.27. The summed E-state index contributed by atoms with van der Waals surface area (Å²) in [6.45, 7) is 1.04. The maximum absolute atomic E-state index is 3.54. The highest BCUT2D eigenvalue weighted by atomic mass is 79.9. The number of rotatable bonds is 2. The Morgan fingerprint density at radius 2 is 2.43 bits per heavy atom. The molecule has 2 rings (SSSR count). The van der Waals surface area contributed by atoms with Crippen molar-refractivity contribution >= 4 is 21.6 Å². The first kappa shape index (κ1) is 9.99. The summed E-state index contributed by atoms with van der Waals surface area (Å²) < 4.78 is 1.17. The van der Waals surface area contributed by atoms with Gasteiger partial charge in [-0.2, -0.15) is 0 Å². The fourth-order valence-electron chi connectivity index (χ4n) is 1.93. The molecule has 0 fully saturated rings. The Morgan fingerprint density at radius 3 is 3.21 bits per heavy atom. The van der Waals surface area contributed by atoms with Gasteiger partial charge in [-0.15, -0.1) is 0 Å². The van der Waals surface area contributed by atoms with E-state index in [0.717, 1.165) is 6.54 Å². The van der Waals surface area contributed by atoms with Gasteiger partial charge in [-0.1, -0.05) is 15.9 Å². The number of anilines is 1. The molecule has 0 saturated heterocycles. The van der Waals surface area contributed by atoms with Gasteiger partial charge >= 0.3 is 0 Å². The maximum atomic E-state index is 3.54. The summed E-state index contributed by atoms with van der Waals surface area (Å²) in [7, 11) is 2.00. The van der Waals surface area contributed by atoms with Crippen molar-refractivity contribution in [1.82, 2.24) is 5.32 Å². The summed E-state index contributed by atoms with van der Waals surface area (Å²) in [6, 6.07) is 7.03. The monoisotopic (exact) mass is 254 g/mol. The van der Waals surface area contributed by atoms with Gasteiger partial charge in [0.15, 0.2) is 0 Å². The molecule has 0 amide bonds. The van der Waals surface area contributed by atoms with Crippen molar-refractivity contribution in [2.24, 2.45) is 0 Å². The summed E-state index contributed by atoms with van der Waals surface area (Å²) in [5.41, 5.74) is 2.71. The van der Waals surface area contributed by atoms with Crippen LogP contribution in [0.3, 0.4) is 0 Å². The predicted molar refractivity (Wildman–Crippen MR) is 63.8 cm³/mol. The van der Waals surface area contributed by atoms with Crippen LogP contribution in [0.25, 0.3) is 0 Å². The molecule has 0 aromatic heterocycles. The molecule has 1 unspecified atom stereocenters. The van der Waals surface area contributed by atoms with Crippen LogP contribution in [0.2, 0.25) is 0 Å². The number of benzene rings is 1. The zero-order valence-electron chi connectivity index (χ0n) is 8.31. The average Bonchev–Trinajstić information content (AvgIpc) is 2.19. The van der Waals surface area contributed by atoms with Gasteiger partial charge in [-0.25, -0.2) is 0 Å². The topological polar surface area (TPSA) is 24.1 Å². The molecule has 0 aliphatic carbocycles. The molecule has 2 N–H and O–H groups in total. The molecule has 14 heavy (non-hydrogen) atoms. The van der Waals surface area contributed by atoms with Gasteiger partial charge in [0.2, 0.25) is 0 Å². The summed E-state index contributed by atoms with van der Waals surface area (Å²) in [5, 5.41) is 6.75. The molecule has 0 radical (unpaired) electrons. The number of likely N-dealkylation sites (N-methyl/N-ethyl adjacent to an activating group) is 1. The molecule has 1 aliphatic heterocycles. The number of hydrogen-bond acceptors (Lipinski definition) is 2. The fraction of sp³-hybridized carbons (Fsp3) is 0.455. The third-order valence-corrected chi connectivity index (χ3v) is 3.13. The van der Waals surface area contributed by atoms with Gasteiger partial charge in [0.05, 0.1) is 0 Å². The summed E-state index contributed by atoms with van der Waals surface area (Å²) in [4.78, 5) is 0. The van der Waals surface area contributed by atoms with E-state index in [0.29, 0.717) is 6.04 Å². The van der Waals surface area contributed by atoms with Crippen molar-refractivity contribution in [3.63, 3.8) is 0 Å². The molecular formula is C11H15BrN2. The second kappa shape index (κ2) is 4.32. The van der Waals surface area contributed by atoms with E-state index in [9.17, 15) is 0 Å². The Morgan fingerprint density at radius 1 is 1.57 bits per heavy atom. The fourth-order valence-corrected chi connectivity index (χ4v) is 2.34. The summed E-state index contributed by atoms with van der Waals surface area (Å²) in [6.07, 6.45) is 2.39. The van der Waals surface area contributed by atoms with Crippen LogP contribution < -0.4 is 10.6 Å². The first-order valence-corrected chi connectivity index (χ1v) is 5.78. The van der Waals surface area contributed by atoms with E-state index in [1.54, 1.807) is 0 Å². The highest BCUT2D eigenvalue weighted by Crippen LogP contribution is 2.27. The molecule has 0 bridgehead atoms. The van der Waals surface area contributed by atoms with E-state index in [2.05, 4.69) is 44.8 Å². The lowest BCUT2D eigenvalue weighted by Crippen LogP contribution is -2.34. The number of fused-ring (bicyclic) bond motifs is 1. The smallest absolute Gasteiger partial charge is 0.0389 e. The Kier molecular flexibility index (Phi) is 3.08. The third kappa shape index (κ3) is 2.10. The van der Waals surface area contributed by atoms with E-state index in [1.807, 2.05) is 7.05 Å². The van der Waals surface area contributed by atoms with Crippen LogP contribution in [0.4, 0.5) is 5.69 Å². The van der Waals surface area contributed by atoms with Gasteiger partial charge in [0.25, 0.3) is 0 Å². The minimum absolute atomic E-state index is 0.577.